The summed E-state index contributed by atoms with van der Waals surface area (Å²) in [4.78, 5) is 0. The predicted molar refractivity (Wildman–Crippen MR) is 123 cm³/mol. The van der Waals surface area contributed by atoms with Crippen LogP contribution in [0.1, 0.15) is 95.5 Å². The van der Waals surface area contributed by atoms with E-state index in [1.54, 1.807) is 6.07 Å². The Morgan fingerprint density at radius 3 is 2.55 bits per heavy atom. The van der Waals surface area contributed by atoms with E-state index in [2.05, 4.69) is 19.1 Å². The van der Waals surface area contributed by atoms with Crippen molar-refractivity contribution in [1.29, 1.82) is 0 Å². The zero-order valence-electron chi connectivity index (χ0n) is 17.9. The molecule has 2 heteroatoms. The average Bonchev–Trinajstić information content (AvgIpc) is 2.75. The van der Waals surface area contributed by atoms with Crippen molar-refractivity contribution in [3.63, 3.8) is 0 Å². The molecule has 0 heterocycles. The van der Waals surface area contributed by atoms with Crippen molar-refractivity contribution in [2.75, 3.05) is 0 Å². The van der Waals surface area contributed by atoms with E-state index < -0.39 is 0 Å². The van der Waals surface area contributed by atoms with E-state index in [4.69, 9.17) is 11.6 Å². The summed E-state index contributed by atoms with van der Waals surface area (Å²) in [5.74, 6) is 3.21. The van der Waals surface area contributed by atoms with Gasteiger partial charge in [-0.25, -0.2) is 4.39 Å². The third-order valence-electron chi connectivity index (χ3n) is 7.84. The minimum atomic E-state index is -0.285. The van der Waals surface area contributed by atoms with E-state index in [1.165, 1.54) is 82.6 Å². The molecule has 4 rings (SSSR count). The fraction of sp³-hybridized carbons (Fsp3) is 0.630. The van der Waals surface area contributed by atoms with E-state index >= 15 is 0 Å². The van der Waals surface area contributed by atoms with Crippen LogP contribution < -0.4 is 0 Å². The van der Waals surface area contributed by atoms with E-state index in [1.807, 2.05) is 12.1 Å². The highest BCUT2D eigenvalue weighted by Crippen LogP contribution is 2.48. The Kier molecular flexibility index (Phi) is 7.16. The minimum Gasteiger partial charge on any atom is -0.205 e. The third-order valence-corrected chi connectivity index (χ3v) is 8.13. The van der Waals surface area contributed by atoms with Gasteiger partial charge in [0.05, 0.1) is 5.02 Å². The lowest BCUT2D eigenvalue weighted by atomic mass is 9.63. The number of halogens is 2. The molecule has 29 heavy (non-hydrogen) atoms. The summed E-state index contributed by atoms with van der Waals surface area (Å²) in [6.45, 7) is 2.30. The van der Waals surface area contributed by atoms with Crippen LogP contribution in [-0.4, -0.2) is 0 Å². The van der Waals surface area contributed by atoms with Gasteiger partial charge in [0.25, 0.3) is 0 Å². The van der Waals surface area contributed by atoms with Gasteiger partial charge in [-0.2, -0.15) is 0 Å². The Bertz CT molecular complexity index is 814. The predicted octanol–water partition coefficient (Wildman–Crippen LogP) is 9.29. The number of unbranched alkanes of at least 4 members (excludes halogenated alkanes) is 4. The standard InChI is InChI=1S/C27H36ClF/c1-2-3-4-5-6-7-19-8-9-21-17-22(11-10-20(21)16-19)23-12-14-25-24(18-23)13-15-26(28)27(25)29/h12-15,18-22H,2-11,16-17H2,1H3/t19-,20?,21-,22?/m1/s1. The zero-order chi connectivity index (χ0) is 20.2. The van der Waals surface area contributed by atoms with Crippen molar-refractivity contribution in [2.24, 2.45) is 17.8 Å². The second kappa shape index (κ2) is 9.82. The molecule has 2 fully saturated rings. The molecule has 158 valence electrons. The Morgan fingerprint density at radius 2 is 1.69 bits per heavy atom. The molecule has 2 aromatic carbocycles. The second-order valence-corrected chi connectivity index (χ2v) is 10.2. The minimum absolute atomic E-state index is 0.216. The molecule has 0 saturated heterocycles. The summed E-state index contributed by atoms with van der Waals surface area (Å²) >= 11 is 5.94. The van der Waals surface area contributed by atoms with Gasteiger partial charge in [0.1, 0.15) is 5.82 Å². The highest BCUT2D eigenvalue weighted by molar-refractivity contribution is 6.31. The van der Waals surface area contributed by atoms with Gasteiger partial charge in [0.15, 0.2) is 0 Å². The van der Waals surface area contributed by atoms with Gasteiger partial charge >= 0.3 is 0 Å². The maximum absolute atomic E-state index is 14.2. The number of hydrogen-bond donors (Lipinski definition) is 0. The van der Waals surface area contributed by atoms with Crippen LogP contribution in [-0.2, 0) is 0 Å². The van der Waals surface area contributed by atoms with Crippen LogP contribution in [0, 0.1) is 23.6 Å². The van der Waals surface area contributed by atoms with Crippen LogP contribution in [0.2, 0.25) is 5.02 Å². The smallest absolute Gasteiger partial charge is 0.149 e. The quantitative estimate of drug-likeness (QED) is 0.396. The van der Waals surface area contributed by atoms with Gasteiger partial charge in [0.2, 0.25) is 0 Å². The summed E-state index contributed by atoms with van der Waals surface area (Å²) in [6, 6.07) is 9.94. The van der Waals surface area contributed by atoms with Crippen molar-refractivity contribution in [1.82, 2.24) is 0 Å². The Balaban J connectivity index is 1.33. The number of hydrogen-bond acceptors (Lipinski definition) is 0. The molecule has 2 aliphatic rings. The molecule has 4 atom stereocenters. The molecule has 2 aliphatic carbocycles. The van der Waals surface area contributed by atoms with Crippen LogP contribution in [0.4, 0.5) is 4.39 Å². The first kappa shape index (κ1) is 21.2. The normalized spacial score (nSPS) is 27.1. The van der Waals surface area contributed by atoms with Crippen LogP contribution in [0.25, 0.3) is 10.8 Å². The van der Waals surface area contributed by atoms with Gasteiger partial charge in [-0.05, 0) is 72.8 Å². The van der Waals surface area contributed by atoms with Crippen molar-refractivity contribution in [3.05, 3.63) is 46.7 Å². The van der Waals surface area contributed by atoms with Crippen molar-refractivity contribution in [2.45, 2.75) is 89.9 Å². The van der Waals surface area contributed by atoms with E-state index in [9.17, 15) is 4.39 Å². The maximum atomic E-state index is 14.2. The summed E-state index contributed by atoms with van der Waals surface area (Å²) < 4.78 is 14.2. The molecule has 0 N–H and O–H groups in total. The van der Waals surface area contributed by atoms with Gasteiger partial charge in [-0.15, -0.1) is 0 Å². The molecular formula is C27H36ClF. The van der Waals surface area contributed by atoms with Gasteiger partial charge in [0, 0.05) is 5.39 Å². The van der Waals surface area contributed by atoms with E-state index in [-0.39, 0.29) is 10.8 Å². The first-order chi connectivity index (χ1) is 14.2. The highest BCUT2D eigenvalue weighted by atomic mass is 35.5. The van der Waals surface area contributed by atoms with Gasteiger partial charge < -0.3 is 0 Å². The summed E-state index contributed by atoms with van der Waals surface area (Å²) in [5, 5.41) is 1.85. The zero-order valence-corrected chi connectivity index (χ0v) is 18.7. The molecule has 0 bridgehead atoms. The van der Waals surface area contributed by atoms with Crippen molar-refractivity contribution in [3.8, 4) is 0 Å². The molecule has 0 nitrogen and oxygen atoms in total. The molecule has 2 unspecified atom stereocenters. The summed E-state index contributed by atoms with van der Waals surface area (Å²) in [7, 11) is 0. The van der Waals surface area contributed by atoms with E-state index in [0.29, 0.717) is 11.3 Å². The van der Waals surface area contributed by atoms with Gasteiger partial charge in [-0.3, -0.25) is 0 Å². The lowest BCUT2D eigenvalue weighted by molar-refractivity contribution is 0.113. The van der Waals surface area contributed by atoms with Crippen molar-refractivity contribution >= 4 is 22.4 Å². The van der Waals surface area contributed by atoms with Crippen LogP contribution in [0.3, 0.4) is 0 Å². The molecule has 0 amide bonds. The molecule has 0 aromatic heterocycles. The van der Waals surface area contributed by atoms with Crippen LogP contribution >= 0.6 is 11.6 Å². The van der Waals surface area contributed by atoms with Crippen LogP contribution in [0.15, 0.2) is 30.3 Å². The first-order valence-electron chi connectivity index (χ1n) is 12.0. The number of benzene rings is 2. The number of fused-ring (bicyclic) bond motifs is 2. The SMILES string of the molecule is CCCCCCC[C@@H]1CC[C@@H]2CC(c3ccc4c(F)c(Cl)ccc4c3)CCC2C1. The molecule has 0 aliphatic heterocycles. The summed E-state index contributed by atoms with van der Waals surface area (Å²) in [6.07, 6.45) is 16.9. The molecule has 2 aromatic rings. The molecule has 2 saturated carbocycles. The van der Waals surface area contributed by atoms with Gasteiger partial charge in [-0.1, -0.05) is 87.7 Å². The molecule has 0 radical (unpaired) electrons. The van der Waals surface area contributed by atoms with Crippen LogP contribution in [0.5, 0.6) is 0 Å². The monoisotopic (exact) mass is 414 g/mol. The first-order valence-corrected chi connectivity index (χ1v) is 12.4. The lowest BCUT2D eigenvalue weighted by Crippen LogP contribution is -2.30. The fourth-order valence-corrected chi connectivity index (χ4v) is 6.29. The Hall–Kier alpha value is -1.08. The third kappa shape index (κ3) is 4.98. The summed E-state index contributed by atoms with van der Waals surface area (Å²) in [5.41, 5.74) is 1.40. The largest absolute Gasteiger partial charge is 0.205 e. The molecule has 0 spiro atoms. The average molecular weight is 415 g/mol. The lowest BCUT2D eigenvalue weighted by Gasteiger charge is -2.42. The topological polar surface area (TPSA) is 0 Å². The second-order valence-electron chi connectivity index (χ2n) is 9.75. The number of rotatable bonds is 7. The highest BCUT2D eigenvalue weighted by Gasteiger charge is 2.35. The Labute approximate surface area is 181 Å². The fourth-order valence-electron chi connectivity index (χ4n) is 6.13. The van der Waals surface area contributed by atoms with E-state index in [0.717, 1.165) is 23.1 Å². The molecular weight excluding hydrogens is 379 g/mol. The Morgan fingerprint density at radius 1 is 0.897 bits per heavy atom. The maximum Gasteiger partial charge on any atom is 0.149 e. The van der Waals surface area contributed by atoms with Crippen molar-refractivity contribution < 1.29 is 4.39 Å².